The zero-order valence-electron chi connectivity index (χ0n) is 15.4. The second-order valence-corrected chi connectivity index (χ2v) is 8.05. The summed E-state index contributed by atoms with van der Waals surface area (Å²) >= 11 is 6.04. The Morgan fingerprint density at radius 1 is 1.15 bits per heavy atom. The molecule has 3 aliphatic rings. The molecule has 0 bridgehead atoms. The molecule has 0 spiro atoms. The van der Waals surface area contributed by atoms with E-state index in [2.05, 4.69) is 5.32 Å². The van der Waals surface area contributed by atoms with Crippen molar-refractivity contribution in [1.29, 1.82) is 0 Å². The third kappa shape index (κ3) is 3.92. The van der Waals surface area contributed by atoms with Crippen molar-refractivity contribution >= 4 is 29.2 Å². The zero-order valence-corrected chi connectivity index (χ0v) is 16.2. The first kappa shape index (κ1) is 18.6. The van der Waals surface area contributed by atoms with Crippen LogP contribution in [0.5, 0.6) is 0 Å². The molecule has 0 aliphatic carbocycles. The number of halogens is 1. The standard InChI is InChI=1S/C20H26ClN3O3/c21-15-3-1-4-16(13-15)23-10-6-17(19(23)25)22-20(26)24-9-2-5-18(24)14-7-11-27-12-8-14/h1,3-4,13-14,17-18H,2,5-12H2,(H,22,26). The largest absolute Gasteiger partial charge is 0.381 e. The molecule has 7 heteroatoms. The number of urea groups is 1. The number of nitrogens with zero attached hydrogens (tertiary/aromatic N) is 2. The summed E-state index contributed by atoms with van der Waals surface area (Å²) in [5, 5.41) is 3.59. The van der Waals surface area contributed by atoms with Gasteiger partial charge in [-0.1, -0.05) is 17.7 Å². The molecule has 3 heterocycles. The third-order valence-corrected chi connectivity index (χ3v) is 6.23. The van der Waals surface area contributed by atoms with Crippen LogP contribution >= 0.6 is 11.6 Å². The molecular weight excluding hydrogens is 366 g/mol. The van der Waals surface area contributed by atoms with Crippen LogP contribution in [-0.4, -0.2) is 55.2 Å². The Hall–Kier alpha value is -1.79. The molecule has 146 valence electrons. The summed E-state index contributed by atoms with van der Waals surface area (Å²) in [4.78, 5) is 29.3. The van der Waals surface area contributed by atoms with Gasteiger partial charge >= 0.3 is 6.03 Å². The highest BCUT2D eigenvalue weighted by Gasteiger charge is 2.39. The lowest BCUT2D eigenvalue weighted by atomic mass is 9.90. The number of likely N-dealkylation sites (tertiary alicyclic amines) is 1. The van der Waals surface area contributed by atoms with Crippen LogP contribution in [-0.2, 0) is 9.53 Å². The maximum atomic E-state index is 12.9. The molecule has 3 aliphatic heterocycles. The van der Waals surface area contributed by atoms with Crippen molar-refractivity contribution in [2.75, 3.05) is 31.2 Å². The lowest BCUT2D eigenvalue weighted by Crippen LogP contribution is -2.51. The highest BCUT2D eigenvalue weighted by Crippen LogP contribution is 2.31. The lowest BCUT2D eigenvalue weighted by Gasteiger charge is -2.34. The lowest BCUT2D eigenvalue weighted by molar-refractivity contribution is -0.118. The first-order chi connectivity index (χ1) is 13.1. The van der Waals surface area contributed by atoms with E-state index in [0.717, 1.165) is 51.1 Å². The number of amides is 3. The van der Waals surface area contributed by atoms with Gasteiger partial charge in [0.05, 0.1) is 0 Å². The van der Waals surface area contributed by atoms with Gasteiger partial charge < -0.3 is 19.9 Å². The van der Waals surface area contributed by atoms with E-state index < -0.39 is 6.04 Å². The fourth-order valence-corrected chi connectivity index (χ4v) is 4.77. The second kappa shape index (κ2) is 8.07. The predicted molar refractivity (Wildman–Crippen MR) is 104 cm³/mol. The van der Waals surface area contributed by atoms with Crippen LogP contribution in [0.3, 0.4) is 0 Å². The van der Waals surface area contributed by atoms with Gasteiger partial charge in [-0.3, -0.25) is 4.79 Å². The van der Waals surface area contributed by atoms with E-state index in [1.54, 1.807) is 17.0 Å². The van der Waals surface area contributed by atoms with Crippen molar-refractivity contribution in [1.82, 2.24) is 10.2 Å². The SMILES string of the molecule is O=C1C(NC(=O)N2CCCC2C2CCOCC2)CCN1c1cccc(Cl)c1. The van der Waals surface area contributed by atoms with E-state index in [4.69, 9.17) is 16.3 Å². The van der Waals surface area contributed by atoms with Crippen molar-refractivity contribution in [3.63, 3.8) is 0 Å². The van der Waals surface area contributed by atoms with Gasteiger partial charge in [-0.2, -0.15) is 0 Å². The molecule has 6 nitrogen and oxygen atoms in total. The summed E-state index contributed by atoms with van der Waals surface area (Å²) in [6, 6.07) is 6.98. The van der Waals surface area contributed by atoms with Crippen molar-refractivity contribution in [3.8, 4) is 0 Å². The van der Waals surface area contributed by atoms with Crippen LogP contribution in [0.15, 0.2) is 24.3 Å². The van der Waals surface area contributed by atoms with Crippen LogP contribution in [0.1, 0.15) is 32.1 Å². The van der Waals surface area contributed by atoms with E-state index in [1.807, 2.05) is 17.0 Å². The fourth-order valence-electron chi connectivity index (χ4n) is 4.58. The molecular formula is C20H26ClN3O3. The summed E-state index contributed by atoms with van der Waals surface area (Å²) in [5.41, 5.74) is 0.783. The number of carbonyl (C=O) groups excluding carboxylic acids is 2. The second-order valence-electron chi connectivity index (χ2n) is 7.61. The average Bonchev–Trinajstić information content (AvgIpc) is 3.30. The molecule has 1 aromatic rings. The highest BCUT2D eigenvalue weighted by molar-refractivity contribution is 6.31. The molecule has 0 radical (unpaired) electrons. The Bertz CT molecular complexity index is 707. The summed E-state index contributed by atoms with van der Waals surface area (Å²) in [6.07, 6.45) is 4.72. The Morgan fingerprint density at radius 3 is 2.74 bits per heavy atom. The van der Waals surface area contributed by atoms with E-state index in [1.165, 1.54) is 0 Å². The molecule has 2 atom stereocenters. The molecule has 1 N–H and O–H groups in total. The number of ether oxygens (including phenoxy) is 1. The summed E-state index contributed by atoms with van der Waals surface area (Å²) < 4.78 is 5.46. The van der Waals surface area contributed by atoms with Crippen LogP contribution < -0.4 is 10.2 Å². The molecule has 2 unspecified atom stereocenters. The Kier molecular flexibility index (Phi) is 5.55. The Balaban J connectivity index is 1.38. The number of rotatable bonds is 3. The van der Waals surface area contributed by atoms with Crippen molar-refractivity contribution in [2.24, 2.45) is 5.92 Å². The van der Waals surface area contributed by atoms with Crippen molar-refractivity contribution in [2.45, 2.75) is 44.2 Å². The van der Waals surface area contributed by atoms with E-state index >= 15 is 0 Å². The monoisotopic (exact) mass is 391 g/mol. The first-order valence-corrected chi connectivity index (χ1v) is 10.2. The minimum atomic E-state index is -0.465. The number of anilines is 1. The van der Waals surface area contributed by atoms with Crippen LogP contribution in [0.4, 0.5) is 10.5 Å². The van der Waals surface area contributed by atoms with Gasteiger partial charge in [0.25, 0.3) is 0 Å². The number of hydrogen-bond donors (Lipinski definition) is 1. The highest BCUT2D eigenvalue weighted by atomic mass is 35.5. The smallest absolute Gasteiger partial charge is 0.318 e. The zero-order chi connectivity index (χ0) is 18.8. The fraction of sp³-hybridized carbons (Fsp3) is 0.600. The van der Waals surface area contributed by atoms with Crippen LogP contribution in [0, 0.1) is 5.92 Å². The van der Waals surface area contributed by atoms with E-state index in [-0.39, 0.29) is 18.0 Å². The van der Waals surface area contributed by atoms with Gasteiger partial charge in [0, 0.05) is 43.1 Å². The van der Waals surface area contributed by atoms with Crippen molar-refractivity contribution in [3.05, 3.63) is 29.3 Å². The summed E-state index contributed by atoms with van der Waals surface area (Å²) in [5.74, 6) is 0.446. The molecule has 3 amide bonds. The van der Waals surface area contributed by atoms with Gasteiger partial charge in [0.2, 0.25) is 5.91 Å². The van der Waals surface area contributed by atoms with Crippen LogP contribution in [0.2, 0.25) is 5.02 Å². The number of hydrogen-bond acceptors (Lipinski definition) is 3. The van der Waals surface area contributed by atoms with Gasteiger partial charge in [-0.05, 0) is 56.2 Å². The molecule has 4 rings (SSSR count). The number of nitrogens with one attached hydrogen (secondary N) is 1. The molecule has 3 fully saturated rings. The Morgan fingerprint density at radius 2 is 1.96 bits per heavy atom. The predicted octanol–water partition coefficient (Wildman–Crippen LogP) is 3.05. The van der Waals surface area contributed by atoms with E-state index in [0.29, 0.717) is 23.9 Å². The molecule has 1 aromatic carbocycles. The molecule has 0 aromatic heterocycles. The maximum absolute atomic E-state index is 12.9. The van der Waals surface area contributed by atoms with Crippen LogP contribution in [0.25, 0.3) is 0 Å². The summed E-state index contributed by atoms with van der Waals surface area (Å²) in [6.45, 7) is 2.93. The van der Waals surface area contributed by atoms with E-state index in [9.17, 15) is 9.59 Å². The normalized spacial score (nSPS) is 26.6. The van der Waals surface area contributed by atoms with Gasteiger partial charge in [-0.25, -0.2) is 4.79 Å². The van der Waals surface area contributed by atoms with Gasteiger partial charge in [0.15, 0.2) is 0 Å². The van der Waals surface area contributed by atoms with Gasteiger partial charge in [-0.15, -0.1) is 0 Å². The first-order valence-electron chi connectivity index (χ1n) is 9.85. The maximum Gasteiger partial charge on any atom is 0.318 e. The molecule has 3 saturated heterocycles. The quantitative estimate of drug-likeness (QED) is 0.861. The topological polar surface area (TPSA) is 61.9 Å². The Labute approximate surface area is 164 Å². The summed E-state index contributed by atoms with van der Waals surface area (Å²) in [7, 11) is 0. The number of benzene rings is 1. The molecule has 27 heavy (non-hydrogen) atoms. The molecule has 0 saturated carbocycles. The minimum Gasteiger partial charge on any atom is -0.381 e. The minimum absolute atomic E-state index is 0.0626. The van der Waals surface area contributed by atoms with Crippen molar-refractivity contribution < 1.29 is 14.3 Å². The average molecular weight is 392 g/mol. The third-order valence-electron chi connectivity index (χ3n) is 5.99. The van der Waals surface area contributed by atoms with Gasteiger partial charge in [0.1, 0.15) is 6.04 Å². The number of carbonyl (C=O) groups is 2.